The van der Waals surface area contributed by atoms with Crippen molar-refractivity contribution in [1.82, 2.24) is 10.0 Å². The maximum Gasteiger partial charge on any atom is 0.251 e. The summed E-state index contributed by atoms with van der Waals surface area (Å²) in [6.45, 7) is 2.66. The third kappa shape index (κ3) is 5.31. The van der Waals surface area contributed by atoms with Gasteiger partial charge in [0.25, 0.3) is 5.91 Å². The number of carbonyl (C=O) groups excluding carboxylic acids is 1. The Morgan fingerprint density at radius 1 is 1.08 bits per heavy atom. The van der Waals surface area contributed by atoms with Crippen LogP contribution < -0.4 is 14.8 Å². The molecule has 0 radical (unpaired) electrons. The van der Waals surface area contributed by atoms with E-state index in [9.17, 15) is 13.2 Å². The first-order valence-corrected chi connectivity index (χ1v) is 9.96. The molecule has 0 aliphatic carbocycles. The molecule has 2 aromatic rings. The molecule has 0 saturated heterocycles. The highest BCUT2D eigenvalue weighted by Gasteiger charge is 2.15. The van der Waals surface area contributed by atoms with Gasteiger partial charge in [0.05, 0.1) is 12.0 Å². The lowest BCUT2D eigenvalue weighted by atomic mass is 10.1. The topological polar surface area (TPSA) is 84.5 Å². The van der Waals surface area contributed by atoms with Crippen molar-refractivity contribution in [3.8, 4) is 5.75 Å². The van der Waals surface area contributed by atoms with Crippen molar-refractivity contribution >= 4 is 15.9 Å². The smallest absolute Gasteiger partial charge is 0.251 e. The van der Waals surface area contributed by atoms with Crippen molar-refractivity contribution in [1.29, 1.82) is 0 Å². The van der Waals surface area contributed by atoms with E-state index in [1.54, 1.807) is 19.2 Å². The van der Waals surface area contributed by atoms with E-state index in [1.165, 1.54) is 12.1 Å². The summed E-state index contributed by atoms with van der Waals surface area (Å²) in [7, 11) is -1.99. The van der Waals surface area contributed by atoms with Gasteiger partial charge in [0, 0.05) is 18.7 Å². The first kappa shape index (κ1) is 19.9. The highest BCUT2D eigenvalue weighted by atomic mass is 32.2. The van der Waals surface area contributed by atoms with Gasteiger partial charge in [0.15, 0.2) is 0 Å². The number of para-hydroxylation sites is 1. The van der Waals surface area contributed by atoms with Gasteiger partial charge in [0.2, 0.25) is 10.0 Å². The van der Waals surface area contributed by atoms with Crippen molar-refractivity contribution in [2.75, 3.05) is 20.2 Å². The lowest BCUT2D eigenvalue weighted by Gasteiger charge is -2.10. The first-order valence-electron chi connectivity index (χ1n) is 8.47. The number of hydrogen-bond donors (Lipinski definition) is 2. The minimum absolute atomic E-state index is 0.0864. The molecule has 0 saturated carbocycles. The number of rotatable bonds is 9. The largest absolute Gasteiger partial charge is 0.496 e. The van der Waals surface area contributed by atoms with Crippen molar-refractivity contribution < 1.29 is 17.9 Å². The number of amides is 1. The Hall–Kier alpha value is -2.38. The first-order chi connectivity index (χ1) is 12.5. The molecule has 26 heavy (non-hydrogen) atoms. The molecule has 0 atom stereocenters. The molecular formula is C19H24N2O4S. The maximum absolute atomic E-state index is 12.3. The normalized spacial score (nSPS) is 11.2. The molecule has 0 heterocycles. The second kappa shape index (κ2) is 9.35. The van der Waals surface area contributed by atoms with Gasteiger partial charge in [-0.15, -0.1) is 0 Å². The van der Waals surface area contributed by atoms with Crippen molar-refractivity contribution in [2.24, 2.45) is 0 Å². The van der Waals surface area contributed by atoms with Crippen molar-refractivity contribution in [3.63, 3.8) is 0 Å². The van der Waals surface area contributed by atoms with Gasteiger partial charge in [-0.1, -0.05) is 31.2 Å². The number of methoxy groups -OCH3 is 1. The molecule has 0 aliphatic heterocycles. The summed E-state index contributed by atoms with van der Waals surface area (Å²) in [6, 6.07) is 13.6. The highest BCUT2D eigenvalue weighted by molar-refractivity contribution is 7.89. The van der Waals surface area contributed by atoms with Crippen LogP contribution in [0.2, 0.25) is 0 Å². The molecule has 0 bridgehead atoms. The molecule has 140 valence electrons. The van der Waals surface area contributed by atoms with Gasteiger partial charge in [-0.05, 0) is 42.7 Å². The summed E-state index contributed by atoms with van der Waals surface area (Å²) < 4.78 is 32.1. The number of nitrogens with one attached hydrogen (secondary N) is 2. The van der Waals surface area contributed by atoms with E-state index < -0.39 is 10.0 Å². The van der Waals surface area contributed by atoms with Crippen LogP contribution in [0.5, 0.6) is 5.75 Å². The molecule has 0 aliphatic rings. The number of hydrogen-bond acceptors (Lipinski definition) is 4. The summed E-state index contributed by atoms with van der Waals surface area (Å²) in [5.74, 6) is 0.462. The fourth-order valence-corrected chi connectivity index (χ4v) is 3.63. The zero-order valence-corrected chi connectivity index (χ0v) is 15.8. The fourth-order valence-electron chi connectivity index (χ4n) is 2.45. The quantitative estimate of drug-likeness (QED) is 0.704. The number of benzene rings is 2. The Bertz CT molecular complexity index is 850. The van der Waals surface area contributed by atoms with Crippen LogP contribution in [0.3, 0.4) is 0 Å². The summed E-state index contributed by atoms with van der Waals surface area (Å²) in [6.07, 6.45) is 1.31. The lowest BCUT2D eigenvalue weighted by molar-refractivity contribution is 0.0954. The summed E-state index contributed by atoms with van der Waals surface area (Å²) in [4.78, 5) is 12.4. The van der Waals surface area contributed by atoms with Crippen LogP contribution in [0.25, 0.3) is 0 Å². The van der Waals surface area contributed by atoms with Crippen molar-refractivity contribution in [2.45, 2.75) is 24.7 Å². The zero-order chi connectivity index (χ0) is 19.0. The molecule has 1 amide bonds. The molecule has 2 rings (SSSR count). The van der Waals surface area contributed by atoms with Crippen LogP contribution in [-0.4, -0.2) is 34.5 Å². The zero-order valence-electron chi connectivity index (χ0n) is 15.0. The average Bonchev–Trinajstić information content (AvgIpc) is 2.66. The fraction of sp³-hybridized carbons (Fsp3) is 0.316. The standard InChI is InChI=1S/C19H24N2O4S/c1-3-12-21-26(23,24)17-9-6-8-16(14-17)19(22)20-13-11-15-7-4-5-10-18(15)25-2/h4-10,14,21H,3,11-13H2,1-2H3,(H,20,22). The number of ether oxygens (including phenoxy) is 1. The van der Waals surface area contributed by atoms with Crippen LogP contribution in [0, 0.1) is 0 Å². The molecule has 0 unspecified atom stereocenters. The second-order valence-corrected chi connectivity index (χ2v) is 7.51. The third-order valence-corrected chi connectivity index (χ3v) is 5.28. The Balaban J connectivity index is 2.00. The van der Waals surface area contributed by atoms with Crippen LogP contribution in [0.1, 0.15) is 29.3 Å². The van der Waals surface area contributed by atoms with Gasteiger partial charge < -0.3 is 10.1 Å². The highest BCUT2D eigenvalue weighted by Crippen LogP contribution is 2.17. The Morgan fingerprint density at radius 3 is 2.58 bits per heavy atom. The predicted octanol–water partition coefficient (Wildman–Crippen LogP) is 2.36. The van der Waals surface area contributed by atoms with Crippen LogP contribution in [0.4, 0.5) is 0 Å². The molecule has 0 aromatic heterocycles. The number of carbonyl (C=O) groups is 1. The summed E-state index contributed by atoms with van der Waals surface area (Å²) in [5, 5.41) is 2.81. The van der Waals surface area contributed by atoms with E-state index in [2.05, 4.69) is 10.0 Å². The third-order valence-electron chi connectivity index (χ3n) is 3.82. The van der Waals surface area contributed by atoms with Gasteiger partial charge in [-0.3, -0.25) is 4.79 Å². The maximum atomic E-state index is 12.3. The minimum atomic E-state index is -3.60. The van der Waals surface area contributed by atoms with Gasteiger partial charge in [0.1, 0.15) is 5.75 Å². The predicted molar refractivity (Wildman–Crippen MR) is 101 cm³/mol. The minimum Gasteiger partial charge on any atom is -0.496 e. The van der Waals surface area contributed by atoms with Crippen LogP contribution in [0.15, 0.2) is 53.4 Å². The van der Waals surface area contributed by atoms with E-state index in [0.717, 1.165) is 11.3 Å². The molecular weight excluding hydrogens is 352 g/mol. The van der Waals surface area contributed by atoms with Crippen LogP contribution >= 0.6 is 0 Å². The molecule has 2 aromatic carbocycles. The van der Waals surface area contributed by atoms with Crippen LogP contribution in [-0.2, 0) is 16.4 Å². The Kier molecular flexibility index (Phi) is 7.17. The van der Waals surface area contributed by atoms with E-state index in [0.29, 0.717) is 31.5 Å². The summed E-state index contributed by atoms with van der Waals surface area (Å²) >= 11 is 0. The summed E-state index contributed by atoms with van der Waals surface area (Å²) in [5.41, 5.74) is 1.31. The van der Waals surface area contributed by atoms with E-state index in [1.807, 2.05) is 31.2 Å². The average molecular weight is 376 g/mol. The van der Waals surface area contributed by atoms with E-state index >= 15 is 0 Å². The van der Waals surface area contributed by atoms with Gasteiger partial charge in [-0.25, -0.2) is 13.1 Å². The monoisotopic (exact) mass is 376 g/mol. The Morgan fingerprint density at radius 2 is 1.85 bits per heavy atom. The van der Waals surface area contributed by atoms with E-state index in [4.69, 9.17) is 4.74 Å². The Labute approximate surface area is 154 Å². The lowest BCUT2D eigenvalue weighted by Crippen LogP contribution is -2.27. The van der Waals surface area contributed by atoms with E-state index in [-0.39, 0.29) is 10.8 Å². The van der Waals surface area contributed by atoms with Gasteiger partial charge >= 0.3 is 0 Å². The number of sulfonamides is 1. The molecule has 6 nitrogen and oxygen atoms in total. The van der Waals surface area contributed by atoms with Gasteiger partial charge in [-0.2, -0.15) is 0 Å². The SMILES string of the molecule is CCCNS(=O)(=O)c1cccc(C(=O)NCCc2ccccc2OC)c1. The van der Waals surface area contributed by atoms with Crippen molar-refractivity contribution in [3.05, 3.63) is 59.7 Å². The molecule has 2 N–H and O–H groups in total. The molecule has 0 fully saturated rings. The molecule has 7 heteroatoms. The second-order valence-electron chi connectivity index (χ2n) is 5.74. The molecule has 0 spiro atoms.